The number of benzene rings is 3. The SMILES string of the molecule is COS(=O)(=O)[O-].Cc1sc(N=Nc2ccc(N(Cc3ccccc3)Cc3ccccc3)cc2)[n+](C)c1C. The Bertz CT molecular complexity index is 1360. The first kappa shape index (κ1) is 28.1. The first-order valence-electron chi connectivity index (χ1n) is 11.5. The van der Waals surface area contributed by atoms with Gasteiger partial charge in [0.2, 0.25) is 10.4 Å². The van der Waals surface area contributed by atoms with Gasteiger partial charge in [-0.05, 0) is 65.7 Å². The molecule has 0 amide bonds. The highest BCUT2D eigenvalue weighted by molar-refractivity contribution is 7.80. The van der Waals surface area contributed by atoms with Crippen LogP contribution in [0.3, 0.4) is 0 Å². The van der Waals surface area contributed by atoms with Crippen LogP contribution in [-0.2, 0) is 34.7 Å². The summed E-state index contributed by atoms with van der Waals surface area (Å²) in [5, 5.41) is 9.83. The van der Waals surface area contributed by atoms with Crippen molar-refractivity contribution in [1.29, 1.82) is 0 Å². The highest BCUT2D eigenvalue weighted by Crippen LogP contribution is 2.27. The van der Waals surface area contributed by atoms with E-state index in [1.807, 2.05) is 19.2 Å². The molecule has 0 fully saturated rings. The average molecular weight is 539 g/mol. The number of nitrogens with zero attached hydrogens (tertiary/aromatic N) is 4. The second kappa shape index (κ2) is 13.2. The van der Waals surface area contributed by atoms with Gasteiger partial charge in [-0.3, -0.25) is 4.18 Å². The molecule has 1 aromatic heterocycles. The summed E-state index contributed by atoms with van der Waals surface area (Å²) >= 11 is 1.67. The first-order chi connectivity index (χ1) is 17.7. The van der Waals surface area contributed by atoms with Crippen LogP contribution in [0.2, 0.25) is 0 Å². The molecule has 0 aliphatic rings. The van der Waals surface area contributed by atoms with E-state index < -0.39 is 10.4 Å². The Morgan fingerprint density at radius 1 is 0.865 bits per heavy atom. The van der Waals surface area contributed by atoms with Gasteiger partial charge < -0.3 is 9.45 Å². The Labute approximate surface area is 222 Å². The quantitative estimate of drug-likeness (QED) is 0.120. The lowest BCUT2D eigenvalue weighted by Gasteiger charge is -2.25. The minimum Gasteiger partial charge on any atom is -0.726 e. The van der Waals surface area contributed by atoms with Crippen molar-refractivity contribution in [2.24, 2.45) is 17.3 Å². The van der Waals surface area contributed by atoms with E-state index in [1.165, 1.54) is 27.4 Å². The molecule has 0 N–H and O–H groups in total. The fraction of sp³-hybridized carbons (Fsp3) is 0.222. The zero-order valence-electron chi connectivity index (χ0n) is 21.2. The van der Waals surface area contributed by atoms with Crippen LogP contribution in [0.15, 0.2) is 95.2 Å². The molecule has 0 aliphatic carbocycles. The number of azo groups is 1. The topological polar surface area (TPSA) is 98.3 Å². The molecular weight excluding hydrogens is 508 g/mol. The summed E-state index contributed by atoms with van der Waals surface area (Å²) in [6.45, 7) is 5.91. The second-order valence-corrected chi connectivity index (χ2v) is 10.5. The van der Waals surface area contributed by atoms with Crippen LogP contribution >= 0.6 is 11.3 Å². The van der Waals surface area contributed by atoms with Gasteiger partial charge in [-0.15, -0.1) is 0 Å². The molecule has 37 heavy (non-hydrogen) atoms. The number of hydrogen-bond donors (Lipinski definition) is 0. The Kier molecular flexibility index (Phi) is 10.0. The van der Waals surface area contributed by atoms with Crippen LogP contribution in [0.4, 0.5) is 16.5 Å². The molecule has 0 bridgehead atoms. The summed E-state index contributed by atoms with van der Waals surface area (Å²) in [6, 6.07) is 29.5. The number of aromatic nitrogens is 1. The molecule has 0 saturated heterocycles. The van der Waals surface area contributed by atoms with Crippen LogP contribution in [0.25, 0.3) is 0 Å². The molecule has 4 aromatic rings. The van der Waals surface area contributed by atoms with Gasteiger partial charge >= 0.3 is 5.13 Å². The van der Waals surface area contributed by atoms with Crippen molar-refractivity contribution in [3.8, 4) is 0 Å². The van der Waals surface area contributed by atoms with Crippen molar-refractivity contribution in [3.63, 3.8) is 0 Å². The largest absolute Gasteiger partial charge is 0.726 e. The second-order valence-electron chi connectivity index (χ2n) is 8.20. The summed E-state index contributed by atoms with van der Waals surface area (Å²) in [6.07, 6.45) is 0. The van der Waals surface area contributed by atoms with Crippen LogP contribution in [0, 0.1) is 13.8 Å². The monoisotopic (exact) mass is 538 g/mol. The molecule has 0 atom stereocenters. The minimum absolute atomic E-state index is 0.808. The van der Waals surface area contributed by atoms with Crippen molar-refractivity contribution in [2.45, 2.75) is 26.9 Å². The van der Waals surface area contributed by atoms with Crippen molar-refractivity contribution >= 4 is 38.2 Å². The van der Waals surface area contributed by atoms with Gasteiger partial charge in [0.15, 0.2) is 0 Å². The fourth-order valence-corrected chi connectivity index (χ4v) is 4.34. The molecular formula is C27H30N4O4S2. The molecule has 0 unspecified atom stereocenters. The van der Waals surface area contributed by atoms with E-state index in [2.05, 4.69) is 111 Å². The zero-order valence-corrected chi connectivity index (χ0v) is 22.9. The van der Waals surface area contributed by atoms with Gasteiger partial charge in [-0.1, -0.05) is 60.7 Å². The highest BCUT2D eigenvalue weighted by Gasteiger charge is 2.16. The maximum Gasteiger partial charge on any atom is 0.408 e. The van der Waals surface area contributed by atoms with Crippen molar-refractivity contribution in [3.05, 3.63) is 107 Å². The van der Waals surface area contributed by atoms with Crippen LogP contribution in [0.5, 0.6) is 0 Å². The number of thiazole rings is 1. The average Bonchev–Trinajstić information content (AvgIpc) is 3.15. The molecule has 0 radical (unpaired) electrons. The predicted octanol–water partition coefficient (Wildman–Crippen LogP) is 5.90. The molecule has 3 aromatic carbocycles. The van der Waals surface area contributed by atoms with Gasteiger partial charge in [0.25, 0.3) is 0 Å². The number of hydrogen-bond acceptors (Lipinski definition) is 8. The Morgan fingerprint density at radius 3 is 1.76 bits per heavy atom. The van der Waals surface area contributed by atoms with Crippen LogP contribution in [-0.4, -0.2) is 20.1 Å². The Balaban J connectivity index is 0.000000568. The molecule has 8 nitrogen and oxygen atoms in total. The zero-order chi connectivity index (χ0) is 26.8. The number of aryl methyl sites for hydroxylation is 1. The minimum atomic E-state index is -4.41. The van der Waals surface area contributed by atoms with E-state index in [-0.39, 0.29) is 0 Å². The Morgan fingerprint density at radius 2 is 1.35 bits per heavy atom. The number of rotatable bonds is 8. The van der Waals surface area contributed by atoms with E-state index in [0.717, 1.165) is 31.0 Å². The predicted molar refractivity (Wildman–Crippen MR) is 145 cm³/mol. The summed E-state index contributed by atoms with van der Waals surface area (Å²) in [5.74, 6) is 0. The lowest BCUT2D eigenvalue weighted by atomic mass is 10.1. The van der Waals surface area contributed by atoms with Gasteiger partial charge in [-0.2, -0.15) is 0 Å². The highest BCUT2D eigenvalue weighted by atomic mass is 32.3. The molecule has 10 heteroatoms. The smallest absolute Gasteiger partial charge is 0.408 e. The lowest BCUT2D eigenvalue weighted by molar-refractivity contribution is -0.660. The molecule has 1 heterocycles. The number of anilines is 1. The molecule has 194 valence electrons. The normalized spacial score (nSPS) is 11.3. The van der Waals surface area contributed by atoms with E-state index in [1.54, 1.807) is 11.3 Å². The third-order valence-electron chi connectivity index (χ3n) is 5.65. The van der Waals surface area contributed by atoms with Crippen molar-refractivity contribution in [1.82, 2.24) is 0 Å². The van der Waals surface area contributed by atoms with Crippen molar-refractivity contribution < 1.29 is 21.7 Å². The van der Waals surface area contributed by atoms with E-state index in [9.17, 15) is 13.0 Å². The summed E-state index contributed by atoms with van der Waals surface area (Å²) in [4.78, 5) is 3.65. The fourth-order valence-electron chi connectivity index (χ4n) is 3.42. The standard InChI is InChI=1S/C26H27N4S.CH4O4S/c1-20-21(2)31-26(29(20)3)28-27-24-14-16-25(17-15-24)30(18-22-10-6-4-7-11-22)19-23-12-8-5-9-13-23;1-5-6(2,3)4/h4-17H,18-19H2,1-3H3;1H3,(H,2,3,4)/q+1;/p-1. The maximum atomic E-state index is 9.22. The van der Waals surface area contributed by atoms with Crippen molar-refractivity contribution in [2.75, 3.05) is 12.0 Å². The van der Waals surface area contributed by atoms with Gasteiger partial charge in [0.1, 0.15) is 11.4 Å². The molecule has 0 saturated carbocycles. The van der Waals surface area contributed by atoms with Gasteiger partial charge in [-0.25, -0.2) is 13.0 Å². The van der Waals surface area contributed by atoms with E-state index in [0.29, 0.717) is 0 Å². The maximum absolute atomic E-state index is 9.22. The van der Waals surface area contributed by atoms with Crippen LogP contribution in [0.1, 0.15) is 21.7 Å². The Hall–Kier alpha value is -3.44. The van der Waals surface area contributed by atoms with Crippen LogP contribution < -0.4 is 9.47 Å². The molecule has 0 spiro atoms. The summed E-state index contributed by atoms with van der Waals surface area (Å²) < 4.78 is 33.1. The summed E-state index contributed by atoms with van der Waals surface area (Å²) in [7, 11) is -1.58. The summed E-state index contributed by atoms with van der Waals surface area (Å²) in [5.41, 5.74) is 5.83. The van der Waals surface area contributed by atoms with Gasteiger partial charge in [0.05, 0.1) is 24.1 Å². The van der Waals surface area contributed by atoms with Gasteiger partial charge in [0, 0.05) is 18.8 Å². The molecule has 0 aliphatic heterocycles. The van der Waals surface area contributed by atoms with E-state index in [4.69, 9.17) is 0 Å². The third kappa shape index (κ3) is 8.87. The molecule has 4 rings (SSSR count). The lowest BCUT2D eigenvalue weighted by Crippen LogP contribution is -2.28. The first-order valence-corrected chi connectivity index (χ1v) is 13.6. The third-order valence-corrected chi connectivity index (χ3v) is 7.19. The van der Waals surface area contributed by atoms with E-state index >= 15 is 0 Å².